The summed E-state index contributed by atoms with van der Waals surface area (Å²) in [6.45, 7) is 6.01. The number of ether oxygens (including phenoxy) is 1. The number of cyclic esters (lactones) is 1. The molecule has 0 radical (unpaired) electrons. The van der Waals surface area contributed by atoms with E-state index in [9.17, 15) is 4.79 Å². The maximum atomic E-state index is 11.7. The highest BCUT2D eigenvalue weighted by Gasteiger charge is 2.36. The van der Waals surface area contributed by atoms with Gasteiger partial charge in [0.05, 0.1) is 26.1 Å². The van der Waals surface area contributed by atoms with Crippen molar-refractivity contribution < 1.29 is 14.1 Å². The zero-order valence-corrected chi connectivity index (χ0v) is 15.1. The van der Waals surface area contributed by atoms with Crippen LogP contribution in [0.4, 0.5) is 0 Å². The Kier molecular flexibility index (Phi) is 7.13. The second-order valence-corrected chi connectivity index (χ2v) is 6.96. The monoisotopic (exact) mass is 321 g/mol. The van der Waals surface area contributed by atoms with Crippen LogP contribution in [0.3, 0.4) is 0 Å². The van der Waals surface area contributed by atoms with Crippen LogP contribution < -0.4 is 4.57 Å². The molecule has 0 saturated carbocycles. The molecule has 2 heterocycles. The van der Waals surface area contributed by atoms with Crippen LogP contribution in [0.1, 0.15) is 64.5 Å². The van der Waals surface area contributed by atoms with Gasteiger partial charge in [0.15, 0.2) is 0 Å². The maximum Gasteiger partial charge on any atom is 0.309 e. The topological polar surface area (TPSA) is 35.1 Å². The van der Waals surface area contributed by atoms with E-state index < -0.39 is 0 Å². The van der Waals surface area contributed by atoms with Crippen molar-refractivity contribution in [2.75, 3.05) is 6.61 Å². The molecule has 0 aliphatic carbocycles. The number of unbranched alkanes of at least 4 members (excludes halogenated alkanes) is 5. The molecule has 0 aromatic carbocycles. The minimum Gasteiger partial charge on any atom is -0.465 e. The first-order valence-electron chi connectivity index (χ1n) is 9.36. The fourth-order valence-corrected chi connectivity index (χ4v) is 3.58. The van der Waals surface area contributed by atoms with Gasteiger partial charge >= 0.3 is 5.97 Å². The Morgan fingerprint density at radius 2 is 1.96 bits per heavy atom. The summed E-state index contributed by atoms with van der Waals surface area (Å²) in [6, 6.07) is 0. The van der Waals surface area contributed by atoms with E-state index in [1.807, 2.05) is 0 Å². The first-order chi connectivity index (χ1) is 11.2. The standard InChI is InChI=1S/C19H33N2O2/c1-4-6-7-8-9-10-11-21-13-17(20(3)15-21)12-16-14-23-19(22)18(16)5-2/h13,15-16,18H,4-12,14H2,1-3H3/q+1/t16-,18-/m0/s1. The Hall–Kier alpha value is -1.32. The summed E-state index contributed by atoms with van der Waals surface area (Å²) in [7, 11) is 2.10. The highest BCUT2D eigenvalue weighted by atomic mass is 16.5. The summed E-state index contributed by atoms with van der Waals surface area (Å²) in [4.78, 5) is 11.7. The fraction of sp³-hybridized carbons (Fsp3) is 0.789. The van der Waals surface area contributed by atoms with Crippen LogP contribution in [0.5, 0.6) is 0 Å². The van der Waals surface area contributed by atoms with Gasteiger partial charge in [0.1, 0.15) is 11.9 Å². The number of rotatable bonds is 10. The Morgan fingerprint density at radius 1 is 1.22 bits per heavy atom. The molecule has 0 spiro atoms. The average Bonchev–Trinajstić information content (AvgIpc) is 3.06. The molecule has 1 aromatic rings. The molecule has 1 aliphatic heterocycles. The van der Waals surface area contributed by atoms with E-state index in [0.717, 1.165) is 19.4 Å². The third kappa shape index (κ3) is 5.08. The van der Waals surface area contributed by atoms with Gasteiger partial charge in [0.2, 0.25) is 6.33 Å². The van der Waals surface area contributed by atoms with Crippen molar-refractivity contribution in [3.05, 3.63) is 18.2 Å². The molecule has 4 heteroatoms. The minimum absolute atomic E-state index is 0.00772. The summed E-state index contributed by atoms with van der Waals surface area (Å²) in [5.41, 5.74) is 1.30. The van der Waals surface area contributed by atoms with E-state index in [2.05, 4.69) is 42.6 Å². The second kappa shape index (κ2) is 9.09. The highest BCUT2D eigenvalue weighted by molar-refractivity contribution is 5.74. The van der Waals surface area contributed by atoms with Crippen molar-refractivity contribution in [3.8, 4) is 0 Å². The van der Waals surface area contributed by atoms with Crippen LogP contribution in [-0.2, 0) is 29.5 Å². The molecule has 1 fully saturated rings. The lowest BCUT2D eigenvalue weighted by molar-refractivity contribution is -0.697. The van der Waals surface area contributed by atoms with Gasteiger partial charge in [-0.2, -0.15) is 0 Å². The first-order valence-corrected chi connectivity index (χ1v) is 9.36. The van der Waals surface area contributed by atoms with E-state index >= 15 is 0 Å². The molecule has 23 heavy (non-hydrogen) atoms. The molecule has 2 atom stereocenters. The summed E-state index contributed by atoms with van der Waals surface area (Å²) in [5.74, 6) is 0.409. The van der Waals surface area contributed by atoms with Crippen LogP contribution in [0.15, 0.2) is 12.5 Å². The number of hydrogen-bond acceptors (Lipinski definition) is 2. The number of imidazole rings is 1. The van der Waals surface area contributed by atoms with Gasteiger partial charge in [-0.05, 0) is 19.3 Å². The van der Waals surface area contributed by atoms with E-state index in [1.165, 1.54) is 44.2 Å². The molecule has 130 valence electrons. The fourth-order valence-electron chi connectivity index (χ4n) is 3.58. The predicted octanol–water partition coefficient (Wildman–Crippen LogP) is 3.41. The van der Waals surface area contributed by atoms with Crippen molar-refractivity contribution in [2.24, 2.45) is 18.9 Å². The lowest BCUT2D eigenvalue weighted by Gasteiger charge is -2.10. The number of aryl methyl sites for hydroxylation is 2. The van der Waals surface area contributed by atoms with Gasteiger partial charge in [-0.1, -0.05) is 39.5 Å². The second-order valence-electron chi connectivity index (χ2n) is 6.96. The molecule has 0 bridgehead atoms. The van der Waals surface area contributed by atoms with Crippen molar-refractivity contribution in [1.82, 2.24) is 4.57 Å². The molecule has 0 N–H and O–H groups in total. The molecule has 2 rings (SSSR count). The van der Waals surface area contributed by atoms with Gasteiger partial charge in [-0.25, -0.2) is 9.13 Å². The normalized spacial score (nSPS) is 20.9. The van der Waals surface area contributed by atoms with Crippen LogP contribution in [0.25, 0.3) is 0 Å². The van der Waals surface area contributed by atoms with E-state index in [1.54, 1.807) is 0 Å². The van der Waals surface area contributed by atoms with Crippen LogP contribution in [-0.4, -0.2) is 17.1 Å². The molecular weight excluding hydrogens is 288 g/mol. The van der Waals surface area contributed by atoms with Crippen LogP contribution in [0.2, 0.25) is 0 Å². The summed E-state index contributed by atoms with van der Waals surface area (Å²) < 4.78 is 9.74. The van der Waals surface area contributed by atoms with Gasteiger partial charge in [0.25, 0.3) is 0 Å². The third-order valence-corrected chi connectivity index (χ3v) is 5.08. The SMILES string of the molecule is CCCCCCCC[n+]1cc(C[C@H]2COC(=O)[C@H]2CC)n(C)c1. The van der Waals surface area contributed by atoms with E-state index in [0.29, 0.717) is 12.5 Å². The van der Waals surface area contributed by atoms with Crippen LogP contribution in [0, 0.1) is 11.8 Å². The zero-order chi connectivity index (χ0) is 16.7. The predicted molar refractivity (Wildman–Crippen MR) is 90.9 cm³/mol. The van der Waals surface area contributed by atoms with E-state index in [4.69, 9.17) is 4.74 Å². The van der Waals surface area contributed by atoms with Gasteiger partial charge in [-0.15, -0.1) is 0 Å². The molecule has 1 aromatic heterocycles. The number of carbonyl (C=O) groups excluding carboxylic acids is 1. The number of esters is 1. The lowest BCUT2D eigenvalue weighted by Crippen LogP contribution is -2.30. The Balaban J connectivity index is 1.80. The minimum atomic E-state index is -0.00772. The summed E-state index contributed by atoms with van der Waals surface area (Å²) in [5, 5.41) is 0. The lowest BCUT2D eigenvalue weighted by atomic mass is 9.89. The number of nitrogens with zero attached hydrogens (tertiary/aromatic N) is 2. The van der Waals surface area contributed by atoms with Gasteiger partial charge in [0, 0.05) is 12.3 Å². The van der Waals surface area contributed by atoms with Crippen molar-refractivity contribution in [2.45, 2.75) is 71.8 Å². The molecule has 4 nitrogen and oxygen atoms in total. The highest BCUT2D eigenvalue weighted by Crippen LogP contribution is 2.27. The Morgan fingerprint density at radius 3 is 2.70 bits per heavy atom. The Labute approximate surface area is 140 Å². The third-order valence-electron chi connectivity index (χ3n) is 5.08. The largest absolute Gasteiger partial charge is 0.465 e. The first kappa shape index (κ1) is 18.0. The summed E-state index contributed by atoms with van der Waals surface area (Å²) >= 11 is 0. The zero-order valence-electron chi connectivity index (χ0n) is 15.1. The number of aromatic nitrogens is 2. The average molecular weight is 321 g/mol. The molecule has 0 unspecified atom stereocenters. The van der Waals surface area contributed by atoms with Crippen molar-refractivity contribution >= 4 is 5.97 Å². The van der Waals surface area contributed by atoms with Crippen LogP contribution >= 0.6 is 0 Å². The number of carbonyl (C=O) groups is 1. The van der Waals surface area contributed by atoms with E-state index in [-0.39, 0.29) is 11.9 Å². The summed E-state index contributed by atoms with van der Waals surface area (Å²) in [6.07, 6.45) is 14.2. The maximum absolute atomic E-state index is 11.7. The molecule has 0 amide bonds. The quantitative estimate of drug-likeness (QED) is 0.376. The van der Waals surface area contributed by atoms with Crippen molar-refractivity contribution in [1.29, 1.82) is 0 Å². The molecule has 1 saturated heterocycles. The Bertz CT molecular complexity index is 496. The van der Waals surface area contributed by atoms with Gasteiger partial charge in [-0.3, -0.25) is 4.79 Å². The molecular formula is C19H33N2O2+. The molecule has 1 aliphatic rings. The smallest absolute Gasteiger partial charge is 0.309 e. The van der Waals surface area contributed by atoms with Gasteiger partial charge < -0.3 is 4.74 Å². The van der Waals surface area contributed by atoms with Crippen molar-refractivity contribution in [3.63, 3.8) is 0 Å². The number of hydrogen-bond donors (Lipinski definition) is 0.